The average Bonchev–Trinajstić information content (AvgIpc) is 0.948. The lowest BCUT2D eigenvalue weighted by atomic mass is 9.95. The van der Waals surface area contributed by atoms with Crippen LogP contribution in [0.3, 0.4) is 0 Å². The molecule has 0 aromatic carbocycles. The van der Waals surface area contributed by atoms with E-state index < -0.39 is 0 Å². The van der Waals surface area contributed by atoms with Gasteiger partial charge in [-0.25, -0.2) is 0 Å². The van der Waals surface area contributed by atoms with Crippen LogP contribution in [0.2, 0.25) is 0 Å². The number of nitrogens with zero attached hydrogens (tertiary/aromatic N) is 3. The SMILES string of the molecule is CCCCCCCCC(CCCCCC)COC(=O)CCCCCN(CCCCCC(=O)OCC(CCCCCC)CCCCCCCC)CCN(CCCO)CCCCCCCC.CCCCCCCCC(CCCCCC)COC(=O)CCCCCN(CCCl)CCCCCC(=O)OCC(CCCCCC)CCCCCCCC.CCCCCCCCNCCCO. The zero-order valence-electron chi connectivity index (χ0n) is 88.6. The van der Waals surface area contributed by atoms with Crippen LogP contribution in [0.1, 0.15) is 570 Å². The Bertz CT molecular complexity index is 2040. The number of carbonyl (C=O) groups excluding carboxylic acids is 4. The summed E-state index contributed by atoms with van der Waals surface area (Å²) in [5.41, 5.74) is 0. The van der Waals surface area contributed by atoms with Crippen molar-refractivity contribution in [2.45, 2.75) is 570 Å². The highest BCUT2D eigenvalue weighted by molar-refractivity contribution is 6.18. The van der Waals surface area contributed by atoms with Gasteiger partial charge in [0.25, 0.3) is 0 Å². The Hall–Kier alpha value is -2.07. The number of aliphatic hydroxyl groups is 2. The molecule has 0 saturated heterocycles. The van der Waals surface area contributed by atoms with Gasteiger partial charge in [0.05, 0.1) is 26.4 Å². The Morgan fingerprint density at radius 1 is 0.217 bits per heavy atom. The minimum atomic E-state index is -0.0158. The number of carbonyl (C=O) groups is 4. The third-order valence-electron chi connectivity index (χ3n) is 26.9. The molecule has 15 heteroatoms. The summed E-state index contributed by atoms with van der Waals surface area (Å²) in [6.45, 7) is 36.9. The monoisotopic (exact) mass is 1850 g/mol. The second-order valence-electron chi connectivity index (χ2n) is 39.7. The third kappa shape index (κ3) is 105. The maximum atomic E-state index is 12.9. The Morgan fingerprint density at radius 2 is 0.395 bits per heavy atom. The molecule has 0 aliphatic carbocycles. The first-order valence-electron chi connectivity index (χ1n) is 57.6. The quantitative estimate of drug-likeness (QED) is 0.0228. The van der Waals surface area contributed by atoms with Gasteiger partial charge in [0.1, 0.15) is 0 Å². The standard InChI is InChI=1S/C57H114N2O5.C46H90ClNO4.C11H25NO/c1-6-11-16-21-24-31-41-54(39-29-19-14-9-4)52-63-56(61)43-33-27-36-46-58(49-50-59(48-38-51-60)45-35-26-23-18-13-8-3)47-37-28-34-44-57(62)64-53-55(40-30-20-15-10-5)42-32-25-22-17-12-7-2;1-5-9-13-17-19-25-33-43(31-23-15-11-7-3)41-51-45(49)35-27-21-29-38-48(40-37-47)39-30-22-28-36-46(50)52-42-44(32-24-16-12-8-4)34-26-20-18-14-10-6-2;1-2-3-4-5-6-7-9-12-10-8-11-13/h54-55,60H,6-53H2,1-5H3;43-44H,5-42H2,1-4H3;12-13H,2-11H2,1H3. The number of rotatable bonds is 105. The van der Waals surface area contributed by atoms with Crippen molar-refractivity contribution in [1.29, 1.82) is 0 Å². The summed E-state index contributed by atoms with van der Waals surface area (Å²) in [6, 6.07) is 0. The fourth-order valence-electron chi connectivity index (χ4n) is 18.0. The van der Waals surface area contributed by atoms with Gasteiger partial charge in [-0.15, -0.1) is 11.6 Å². The smallest absolute Gasteiger partial charge is 0.305 e. The minimum Gasteiger partial charge on any atom is -0.465 e. The van der Waals surface area contributed by atoms with Gasteiger partial charge in [0.15, 0.2) is 0 Å². The molecule has 0 aromatic heterocycles. The molecule has 0 heterocycles. The van der Waals surface area contributed by atoms with Crippen LogP contribution in [0, 0.1) is 23.7 Å². The van der Waals surface area contributed by atoms with Gasteiger partial charge in [-0.05, 0) is 198 Å². The van der Waals surface area contributed by atoms with Gasteiger partial charge in [-0.1, -0.05) is 416 Å². The zero-order chi connectivity index (χ0) is 94.8. The van der Waals surface area contributed by atoms with E-state index in [1.807, 2.05) is 0 Å². The van der Waals surface area contributed by atoms with Gasteiger partial charge < -0.3 is 49.2 Å². The number of alkyl halides is 1. The van der Waals surface area contributed by atoms with Crippen molar-refractivity contribution >= 4 is 35.5 Å². The highest BCUT2D eigenvalue weighted by Gasteiger charge is 2.19. The average molecular weight is 1850 g/mol. The van der Waals surface area contributed by atoms with Crippen LogP contribution < -0.4 is 5.32 Å². The van der Waals surface area contributed by atoms with Crippen LogP contribution in [0.5, 0.6) is 0 Å². The molecule has 14 nitrogen and oxygen atoms in total. The summed E-state index contributed by atoms with van der Waals surface area (Å²) in [5, 5.41) is 21.5. The highest BCUT2D eigenvalue weighted by Crippen LogP contribution is 2.26. The Labute approximate surface area is 810 Å². The van der Waals surface area contributed by atoms with Crippen molar-refractivity contribution in [2.75, 3.05) is 118 Å². The molecule has 0 bridgehead atoms. The molecule has 772 valence electrons. The molecule has 0 saturated carbocycles. The fraction of sp³-hybridized carbons (Fsp3) is 0.965. The van der Waals surface area contributed by atoms with Crippen molar-refractivity contribution in [2.24, 2.45) is 23.7 Å². The maximum absolute atomic E-state index is 12.9. The van der Waals surface area contributed by atoms with Crippen LogP contribution in [0.4, 0.5) is 0 Å². The second kappa shape index (κ2) is 113. The molecular weight excluding hydrogens is 1620 g/mol. The van der Waals surface area contributed by atoms with Gasteiger partial charge in [-0.3, -0.25) is 19.2 Å². The number of esters is 4. The maximum Gasteiger partial charge on any atom is 0.305 e. The molecule has 129 heavy (non-hydrogen) atoms. The molecule has 4 atom stereocenters. The topological polar surface area (TPSA) is 167 Å². The Morgan fingerprint density at radius 3 is 0.620 bits per heavy atom. The lowest BCUT2D eigenvalue weighted by Crippen LogP contribution is -2.37. The molecule has 0 amide bonds. The van der Waals surface area contributed by atoms with E-state index in [0.717, 1.165) is 162 Å². The minimum absolute atomic E-state index is 0.00796. The van der Waals surface area contributed by atoms with Crippen LogP contribution in [-0.4, -0.2) is 166 Å². The summed E-state index contributed by atoms with van der Waals surface area (Å²) in [4.78, 5) is 58.5. The van der Waals surface area contributed by atoms with Gasteiger partial charge in [0, 0.05) is 71.0 Å². The molecule has 0 aliphatic rings. The van der Waals surface area contributed by atoms with E-state index >= 15 is 0 Å². The number of hydrogen-bond acceptors (Lipinski definition) is 14. The lowest BCUT2D eigenvalue weighted by Gasteiger charge is -2.28. The predicted octanol–water partition coefficient (Wildman–Crippen LogP) is 32.9. The molecule has 4 unspecified atom stereocenters. The lowest BCUT2D eigenvalue weighted by molar-refractivity contribution is -0.146. The summed E-state index contributed by atoms with van der Waals surface area (Å²) in [7, 11) is 0. The normalized spacial score (nSPS) is 12.5. The summed E-state index contributed by atoms with van der Waals surface area (Å²) in [6.07, 6.45) is 93.5. The summed E-state index contributed by atoms with van der Waals surface area (Å²) >= 11 is 6.13. The number of ether oxygens (including phenoxy) is 4. The first-order chi connectivity index (χ1) is 63.3. The largest absolute Gasteiger partial charge is 0.465 e. The van der Waals surface area contributed by atoms with E-state index in [1.165, 1.54) is 385 Å². The molecule has 0 rings (SSSR count). The fourth-order valence-corrected chi connectivity index (χ4v) is 18.2. The van der Waals surface area contributed by atoms with Gasteiger partial charge in [0.2, 0.25) is 0 Å². The van der Waals surface area contributed by atoms with Crippen LogP contribution in [-0.2, 0) is 38.1 Å². The van der Waals surface area contributed by atoms with Crippen molar-refractivity contribution in [3.8, 4) is 0 Å². The molecule has 0 radical (unpaired) electrons. The number of halogens is 1. The van der Waals surface area contributed by atoms with Crippen molar-refractivity contribution in [1.82, 2.24) is 20.0 Å². The van der Waals surface area contributed by atoms with Crippen molar-refractivity contribution in [3.63, 3.8) is 0 Å². The van der Waals surface area contributed by atoms with E-state index in [2.05, 4.69) is 89.3 Å². The van der Waals surface area contributed by atoms with Crippen LogP contribution in [0.25, 0.3) is 0 Å². The third-order valence-corrected chi connectivity index (χ3v) is 27.0. The number of aliphatic hydroxyl groups excluding tert-OH is 2. The molecule has 0 aromatic rings. The van der Waals surface area contributed by atoms with Gasteiger partial charge in [-0.2, -0.15) is 0 Å². The van der Waals surface area contributed by atoms with E-state index in [1.54, 1.807) is 0 Å². The Kier molecular flexibility index (Phi) is 115. The van der Waals surface area contributed by atoms with E-state index in [0.29, 0.717) is 88.3 Å². The van der Waals surface area contributed by atoms with Crippen molar-refractivity contribution < 1.29 is 48.3 Å². The molecule has 0 aliphatic heterocycles. The summed E-state index contributed by atoms with van der Waals surface area (Å²) < 4.78 is 23.4. The molecule has 3 N–H and O–H groups in total. The number of unbranched alkanes of at least 4 members (excludes halogenated alkanes) is 50. The predicted molar refractivity (Wildman–Crippen MR) is 562 cm³/mol. The first-order valence-corrected chi connectivity index (χ1v) is 58.2. The van der Waals surface area contributed by atoms with Crippen LogP contribution in [0.15, 0.2) is 0 Å². The first kappa shape index (κ1) is 131. The van der Waals surface area contributed by atoms with E-state index in [-0.39, 0.29) is 30.5 Å². The molecule has 0 spiro atoms. The van der Waals surface area contributed by atoms with E-state index in [4.69, 9.17) is 35.7 Å². The Balaban J connectivity index is -0.00000219. The number of nitrogens with one attached hydrogen (secondary N) is 1. The summed E-state index contributed by atoms with van der Waals surface area (Å²) in [5.74, 6) is 2.67. The van der Waals surface area contributed by atoms with Gasteiger partial charge >= 0.3 is 23.9 Å². The number of hydrogen-bond donors (Lipinski definition) is 3. The van der Waals surface area contributed by atoms with Crippen LogP contribution >= 0.6 is 11.6 Å². The molecule has 0 fully saturated rings. The van der Waals surface area contributed by atoms with Crippen molar-refractivity contribution in [3.05, 3.63) is 0 Å². The molecular formula is C114H229ClN4O10. The van der Waals surface area contributed by atoms with E-state index in [9.17, 15) is 24.3 Å². The second-order valence-corrected chi connectivity index (χ2v) is 40.1. The zero-order valence-corrected chi connectivity index (χ0v) is 89.3. The highest BCUT2D eigenvalue weighted by atomic mass is 35.5.